The van der Waals surface area contributed by atoms with E-state index in [2.05, 4.69) is 25.1 Å². The summed E-state index contributed by atoms with van der Waals surface area (Å²) in [5, 5.41) is 10.9. The van der Waals surface area contributed by atoms with Crippen molar-refractivity contribution in [3.63, 3.8) is 0 Å². The average Bonchev–Trinajstić information content (AvgIpc) is 3.80. The lowest BCUT2D eigenvalue weighted by molar-refractivity contribution is -0.144. The van der Waals surface area contributed by atoms with Crippen LogP contribution in [0.15, 0.2) is 48.5 Å². The predicted octanol–water partition coefficient (Wildman–Crippen LogP) is 5.85. The van der Waals surface area contributed by atoms with Crippen LogP contribution in [0, 0.1) is 18.7 Å². The molecule has 234 valence electrons. The first kappa shape index (κ1) is 30.6. The molecule has 1 N–H and O–H groups in total. The van der Waals surface area contributed by atoms with Gasteiger partial charge in [0.1, 0.15) is 36.1 Å². The number of ether oxygens (including phenoxy) is 3. The van der Waals surface area contributed by atoms with Crippen LogP contribution in [0.1, 0.15) is 66.3 Å². The molecule has 0 spiro atoms. The van der Waals surface area contributed by atoms with Gasteiger partial charge in [-0.15, -0.1) is 0 Å². The second-order valence-electron chi connectivity index (χ2n) is 12.5. The number of benzene rings is 3. The minimum atomic E-state index is -3.08. The van der Waals surface area contributed by atoms with Crippen LogP contribution in [0.4, 0.5) is 4.39 Å². The first-order chi connectivity index (χ1) is 21.0. The van der Waals surface area contributed by atoms with Crippen molar-refractivity contribution in [3.05, 3.63) is 82.2 Å². The standard InChI is InChI=1S/C35H39FO7S/c1-3-41-34(37)31-19-30(31)28-10-9-26(18-32(28)36)42-20-23-7-8-24-5-4-6-25-17-27(15-22(2)33(25)29(24)16-23)43-21-35(38)11-13-44(39,40)14-12-35/h7-10,15-18,30-31,38H,3-6,11-14,19-21H2,1-2H3/t30-,31+/m1/s1. The topological polar surface area (TPSA) is 99.1 Å². The molecule has 0 radical (unpaired) electrons. The van der Waals surface area contributed by atoms with E-state index in [9.17, 15) is 22.7 Å². The lowest BCUT2D eigenvalue weighted by Gasteiger charge is -2.31. The highest BCUT2D eigenvalue weighted by molar-refractivity contribution is 7.91. The molecule has 0 unspecified atom stereocenters. The zero-order chi connectivity index (χ0) is 31.1. The summed E-state index contributed by atoms with van der Waals surface area (Å²) in [6, 6.07) is 15.2. The summed E-state index contributed by atoms with van der Waals surface area (Å²) in [5.41, 5.74) is 6.18. The molecule has 3 aliphatic rings. The van der Waals surface area contributed by atoms with E-state index in [0.29, 0.717) is 30.1 Å². The highest BCUT2D eigenvalue weighted by Crippen LogP contribution is 2.49. The zero-order valence-corrected chi connectivity index (χ0v) is 26.1. The number of aliphatic hydroxyl groups is 1. The van der Waals surface area contributed by atoms with E-state index in [1.54, 1.807) is 19.1 Å². The largest absolute Gasteiger partial charge is 0.491 e. The monoisotopic (exact) mass is 622 g/mol. The summed E-state index contributed by atoms with van der Waals surface area (Å²) in [6.07, 6.45) is 3.80. The van der Waals surface area contributed by atoms with E-state index in [0.717, 1.165) is 36.0 Å². The van der Waals surface area contributed by atoms with Crippen molar-refractivity contribution < 1.29 is 36.9 Å². The Kier molecular flexibility index (Phi) is 8.46. The van der Waals surface area contributed by atoms with Gasteiger partial charge in [0.2, 0.25) is 0 Å². The molecular formula is C35H39FO7S. The molecule has 0 bridgehead atoms. The van der Waals surface area contributed by atoms with Crippen LogP contribution >= 0.6 is 0 Å². The molecule has 0 aromatic heterocycles. The van der Waals surface area contributed by atoms with Gasteiger partial charge < -0.3 is 19.3 Å². The van der Waals surface area contributed by atoms with Crippen LogP contribution in [0.5, 0.6) is 11.5 Å². The highest BCUT2D eigenvalue weighted by Gasteiger charge is 2.46. The summed E-state index contributed by atoms with van der Waals surface area (Å²) < 4.78 is 55.7. The molecule has 1 heterocycles. The SMILES string of the molecule is CCOC(=O)[C@H]1C[C@@H]1c1ccc(OCc2ccc3c(c2)-c2c(C)cc(OCC4(O)CCS(=O)(=O)CC4)cc2CCC3)cc1F. The predicted molar refractivity (Wildman–Crippen MR) is 165 cm³/mol. The Morgan fingerprint density at radius 1 is 1.00 bits per heavy atom. The van der Waals surface area contributed by atoms with Crippen molar-refractivity contribution in [3.8, 4) is 22.6 Å². The van der Waals surface area contributed by atoms with Crippen molar-refractivity contribution in [2.75, 3.05) is 24.7 Å². The van der Waals surface area contributed by atoms with Crippen molar-refractivity contribution in [2.24, 2.45) is 5.92 Å². The molecule has 2 atom stereocenters. The molecule has 7 nitrogen and oxygen atoms in total. The lowest BCUT2D eigenvalue weighted by atomic mass is 9.91. The third-order valence-corrected chi connectivity index (χ3v) is 10.8. The van der Waals surface area contributed by atoms with Crippen molar-refractivity contribution in [2.45, 2.75) is 70.5 Å². The number of esters is 1. The summed E-state index contributed by atoms with van der Waals surface area (Å²) in [5.74, 6) is 0.0325. The fraction of sp³-hybridized carbons (Fsp3) is 0.457. The van der Waals surface area contributed by atoms with E-state index in [1.165, 1.54) is 22.8 Å². The first-order valence-corrected chi connectivity index (χ1v) is 17.3. The van der Waals surface area contributed by atoms with Crippen molar-refractivity contribution >= 4 is 15.8 Å². The van der Waals surface area contributed by atoms with Crippen molar-refractivity contribution in [1.82, 2.24) is 0 Å². The molecule has 2 fully saturated rings. The van der Waals surface area contributed by atoms with Crippen molar-refractivity contribution in [1.29, 1.82) is 0 Å². The Balaban J connectivity index is 1.14. The Morgan fingerprint density at radius 2 is 1.77 bits per heavy atom. The van der Waals surface area contributed by atoms with Crippen LogP contribution in [-0.4, -0.2) is 49.8 Å². The molecule has 44 heavy (non-hydrogen) atoms. The maximum Gasteiger partial charge on any atom is 0.309 e. The summed E-state index contributed by atoms with van der Waals surface area (Å²) in [6.45, 7) is 4.49. The Labute approximate surface area is 258 Å². The molecule has 0 amide bonds. The molecule has 9 heteroatoms. The van der Waals surface area contributed by atoms with Crippen LogP contribution in [0.25, 0.3) is 11.1 Å². The molecule has 1 aliphatic heterocycles. The number of aryl methyl sites for hydroxylation is 3. The molecule has 2 aliphatic carbocycles. The first-order valence-electron chi connectivity index (χ1n) is 15.4. The third-order valence-electron chi connectivity index (χ3n) is 9.15. The van der Waals surface area contributed by atoms with Gasteiger partial charge in [-0.1, -0.05) is 18.2 Å². The van der Waals surface area contributed by atoms with Crippen LogP contribution < -0.4 is 9.47 Å². The number of carbonyl (C=O) groups excluding carboxylic acids is 1. The fourth-order valence-corrected chi connectivity index (χ4v) is 8.10. The van der Waals surface area contributed by atoms with Crippen LogP contribution in [0.2, 0.25) is 0 Å². The molecule has 6 rings (SSSR count). The number of carbonyl (C=O) groups is 1. The average molecular weight is 623 g/mol. The third kappa shape index (κ3) is 6.64. The fourth-order valence-electron chi connectivity index (χ4n) is 6.52. The smallest absolute Gasteiger partial charge is 0.309 e. The Bertz CT molecular complexity index is 1670. The minimum Gasteiger partial charge on any atom is -0.491 e. The maximum absolute atomic E-state index is 14.9. The number of hydrogen-bond acceptors (Lipinski definition) is 7. The van der Waals surface area contributed by atoms with Crippen LogP contribution in [0.3, 0.4) is 0 Å². The zero-order valence-electron chi connectivity index (χ0n) is 25.2. The second-order valence-corrected chi connectivity index (χ2v) is 14.8. The van der Waals surface area contributed by atoms with E-state index in [1.807, 2.05) is 12.1 Å². The normalized spacial score (nSPS) is 21.4. The Morgan fingerprint density at radius 3 is 2.52 bits per heavy atom. The highest BCUT2D eigenvalue weighted by atomic mass is 32.2. The van der Waals surface area contributed by atoms with E-state index in [-0.39, 0.29) is 61.2 Å². The van der Waals surface area contributed by atoms with Gasteiger partial charge in [0.05, 0.1) is 24.0 Å². The van der Waals surface area contributed by atoms with Gasteiger partial charge in [-0.2, -0.15) is 0 Å². The molecule has 3 aromatic carbocycles. The van der Waals surface area contributed by atoms with Gasteiger partial charge in [-0.05, 0) is 116 Å². The van der Waals surface area contributed by atoms with Gasteiger partial charge in [-0.25, -0.2) is 12.8 Å². The number of fused-ring (bicyclic) bond motifs is 3. The minimum absolute atomic E-state index is 0.0167. The van der Waals surface area contributed by atoms with Gasteiger partial charge in [0.25, 0.3) is 0 Å². The lowest BCUT2D eigenvalue weighted by Crippen LogP contribution is -2.43. The van der Waals surface area contributed by atoms with Gasteiger partial charge >= 0.3 is 5.97 Å². The number of hydrogen-bond donors (Lipinski definition) is 1. The van der Waals surface area contributed by atoms with Gasteiger partial charge in [0, 0.05) is 12.0 Å². The quantitative estimate of drug-likeness (QED) is 0.299. The number of halogens is 1. The number of rotatable bonds is 9. The van der Waals surface area contributed by atoms with Crippen LogP contribution in [-0.2, 0) is 38.8 Å². The summed E-state index contributed by atoms with van der Waals surface area (Å²) >= 11 is 0. The van der Waals surface area contributed by atoms with E-state index < -0.39 is 15.4 Å². The number of sulfone groups is 1. The Hall–Kier alpha value is -3.43. The van der Waals surface area contributed by atoms with Gasteiger partial charge in [0.15, 0.2) is 9.84 Å². The second kappa shape index (κ2) is 12.2. The molecular weight excluding hydrogens is 583 g/mol. The van der Waals surface area contributed by atoms with E-state index in [4.69, 9.17) is 14.2 Å². The summed E-state index contributed by atoms with van der Waals surface area (Å²) in [7, 11) is -3.08. The van der Waals surface area contributed by atoms with Gasteiger partial charge in [-0.3, -0.25) is 4.79 Å². The molecule has 1 saturated carbocycles. The summed E-state index contributed by atoms with van der Waals surface area (Å²) in [4.78, 5) is 12.0. The maximum atomic E-state index is 14.9. The molecule has 3 aromatic rings. The molecule has 1 saturated heterocycles. The van der Waals surface area contributed by atoms with E-state index >= 15 is 0 Å².